The highest BCUT2D eigenvalue weighted by Crippen LogP contribution is 2.05. The third-order valence-electron chi connectivity index (χ3n) is 1.46. The molecule has 0 bridgehead atoms. The number of hydrogen-bond acceptors (Lipinski definition) is 4. The van der Waals surface area contributed by atoms with Gasteiger partial charge in [-0.15, -0.1) is 0 Å². The molecule has 0 radical (unpaired) electrons. The van der Waals surface area contributed by atoms with Crippen molar-refractivity contribution in [3.8, 4) is 0 Å². The lowest BCUT2D eigenvalue weighted by molar-refractivity contribution is -0.0842. The second kappa shape index (κ2) is 7.86. The van der Waals surface area contributed by atoms with E-state index in [9.17, 15) is 0 Å². The summed E-state index contributed by atoms with van der Waals surface area (Å²) in [5.74, 6) is 2.02. The van der Waals surface area contributed by atoms with Crippen LogP contribution in [0.25, 0.3) is 0 Å². The number of nitrogens with zero attached hydrogens (tertiary/aromatic N) is 1. The molecule has 0 N–H and O–H groups in total. The monoisotopic (exact) mass is 193 g/mol. The maximum absolute atomic E-state index is 5.05. The van der Waals surface area contributed by atoms with Crippen molar-refractivity contribution >= 4 is 11.8 Å². The molecule has 0 saturated carbocycles. The van der Waals surface area contributed by atoms with Crippen LogP contribution in [0.2, 0.25) is 0 Å². The highest BCUT2D eigenvalue weighted by molar-refractivity contribution is 7.99. The number of rotatable bonds is 7. The van der Waals surface area contributed by atoms with Crippen LogP contribution < -0.4 is 0 Å². The van der Waals surface area contributed by atoms with E-state index >= 15 is 0 Å². The van der Waals surface area contributed by atoms with Crippen LogP contribution in [0.4, 0.5) is 0 Å². The van der Waals surface area contributed by atoms with Gasteiger partial charge in [-0.05, 0) is 14.1 Å². The molecule has 0 aromatic heterocycles. The van der Waals surface area contributed by atoms with E-state index in [1.54, 1.807) is 14.2 Å². The van der Waals surface area contributed by atoms with Gasteiger partial charge < -0.3 is 14.4 Å². The average Bonchev–Trinajstić information content (AvgIpc) is 2.04. The summed E-state index contributed by atoms with van der Waals surface area (Å²) in [5, 5.41) is 0. The Morgan fingerprint density at radius 1 is 1.25 bits per heavy atom. The van der Waals surface area contributed by atoms with Gasteiger partial charge in [0.2, 0.25) is 0 Å². The molecule has 0 aliphatic carbocycles. The van der Waals surface area contributed by atoms with Crippen molar-refractivity contribution < 1.29 is 9.47 Å². The van der Waals surface area contributed by atoms with Crippen LogP contribution in [0.1, 0.15) is 0 Å². The second-order valence-electron chi connectivity index (χ2n) is 2.78. The molecular formula is C8H19NO2S. The summed E-state index contributed by atoms with van der Waals surface area (Å²) >= 11 is 1.85. The Kier molecular flexibility index (Phi) is 8.01. The SMILES string of the molecule is COC(CSCCN(C)C)OC. The zero-order chi connectivity index (χ0) is 9.40. The molecule has 0 spiro atoms. The second-order valence-corrected chi connectivity index (χ2v) is 3.93. The Morgan fingerprint density at radius 3 is 2.25 bits per heavy atom. The summed E-state index contributed by atoms with van der Waals surface area (Å²) < 4.78 is 10.1. The predicted octanol–water partition coefficient (Wildman–Crippen LogP) is 0.900. The first-order chi connectivity index (χ1) is 5.70. The van der Waals surface area contributed by atoms with Crippen molar-refractivity contribution in [2.45, 2.75) is 6.29 Å². The van der Waals surface area contributed by atoms with Crippen molar-refractivity contribution in [2.24, 2.45) is 0 Å². The fourth-order valence-corrected chi connectivity index (χ4v) is 1.78. The van der Waals surface area contributed by atoms with Crippen LogP contribution in [0.3, 0.4) is 0 Å². The Labute approximate surface area is 79.4 Å². The Hall–Kier alpha value is 0.230. The lowest BCUT2D eigenvalue weighted by atomic mass is 10.7. The summed E-state index contributed by atoms with van der Waals surface area (Å²) in [6, 6.07) is 0. The van der Waals surface area contributed by atoms with Crippen LogP contribution in [0.5, 0.6) is 0 Å². The molecule has 3 nitrogen and oxygen atoms in total. The largest absolute Gasteiger partial charge is 0.355 e. The lowest BCUT2D eigenvalue weighted by Gasteiger charge is -2.13. The van der Waals surface area contributed by atoms with Crippen LogP contribution in [-0.2, 0) is 9.47 Å². The summed E-state index contributed by atoms with van der Waals surface area (Å²) in [6.07, 6.45) is -0.0582. The van der Waals surface area contributed by atoms with Crippen LogP contribution in [-0.4, -0.2) is 57.6 Å². The quantitative estimate of drug-likeness (QED) is 0.442. The molecule has 0 aliphatic rings. The van der Waals surface area contributed by atoms with E-state index in [-0.39, 0.29) is 6.29 Å². The van der Waals surface area contributed by atoms with Gasteiger partial charge in [-0.25, -0.2) is 0 Å². The minimum Gasteiger partial charge on any atom is -0.355 e. The van der Waals surface area contributed by atoms with Gasteiger partial charge in [-0.1, -0.05) is 0 Å². The maximum atomic E-state index is 5.05. The minimum atomic E-state index is -0.0582. The van der Waals surface area contributed by atoms with E-state index < -0.39 is 0 Å². The molecule has 0 aliphatic heterocycles. The van der Waals surface area contributed by atoms with E-state index in [0.717, 1.165) is 18.1 Å². The van der Waals surface area contributed by atoms with E-state index in [1.807, 2.05) is 11.8 Å². The molecule has 12 heavy (non-hydrogen) atoms. The summed E-state index contributed by atoms with van der Waals surface area (Å²) in [7, 11) is 7.48. The van der Waals surface area contributed by atoms with Crippen molar-refractivity contribution in [3.63, 3.8) is 0 Å². The van der Waals surface area contributed by atoms with Crippen LogP contribution in [0, 0.1) is 0 Å². The molecule has 74 valence electrons. The normalized spacial score (nSPS) is 11.5. The van der Waals surface area contributed by atoms with E-state index in [1.165, 1.54) is 0 Å². The minimum absolute atomic E-state index is 0.0582. The van der Waals surface area contributed by atoms with Crippen molar-refractivity contribution in [1.82, 2.24) is 4.90 Å². The van der Waals surface area contributed by atoms with Gasteiger partial charge in [0.05, 0.1) is 0 Å². The van der Waals surface area contributed by atoms with Gasteiger partial charge >= 0.3 is 0 Å². The molecule has 0 unspecified atom stereocenters. The number of thioether (sulfide) groups is 1. The maximum Gasteiger partial charge on any atom is 0.165 e. The fourth-order valence-electron chi connectivity index (χ4n) is 0.659. The van der Waals surface area contributed by atoms with Gasteiger partial charge in [-0.3, -0.25) is 0 Å². The molecule has 0 saturated heterocycles. The molecule has 0 heterocycles. The number of hydrogen-bond donors (Lipinski definition) is 0. The topological polar surface area (TPSA) is 21.7 Å². The number of methoxy groups -OCH3 is 2. The molecule has 0 aromatic carbocycles. The molecular weight excluding hydrogens is 174 g/mol. The molecule has 4 heteroatoms. The third kappa shape index (κ3) is 6.91. The molecule has 0 amide bonds. The zero-order valence-electron chi connectivity index (χ0n) is 8.37. The van der Waals surface area contributed by atoms with Crippen LogP contribution in [0.15, 0.2) is 0 Å². The first-order valence-corrected chi connectivity index (χ1v) is 5.14. The molecule has 0 fully saturated rings. The average molecular weight is 193 g/mol. The zero-order valence-corrected chi connectivity index (χ0v) is 9.19. The highest BCUT2D eigenvalue weighted by atomic mass is 32.2. The van der Waals surface area contributed by atoms with Gasteiger partial charge in [0.1, 0.15) is 0 Å². The standard InChI is InChI=1S/C8H19NO2S/c1-9(2)5-6-12-7-8(10-3)11-4/h8H,5-7H2,1-4H3. The van der Waals surface area contributed by atoms with Gasteiger partial charge in [0.25, 0.3) is 0 Å². The van der Waals surface area contributed by atoms with E-state index in [2.05, 4.69) is 19.0 Å². The van der Waals surface area contributed by atoms with Gasteiger partial charge in [0.15, 0.2) is 6.29 Å². The Morgan fingerprint density at radius 2 is 1.83 bits per heavy atom. The highest BCUT2D eigenvalue weighted by Gasteiger charge is 2.03. The Bertz CT molecular complexity index is 97.1. The number of ether oxygens (including phenoxy) is 2. The summed E-state index contributed by atoms with van der Waals surface area (Å²) in [6.45, 7) is 1.10. The Balaban J connectivity index is 3.17. The van der Waals surface area contributed by atoms with E-state index in [0.29, 0.717) is 0 Å². The third-order valence-corrected chi connectivity index (χ3v) is 2.44. The summed E-state index contributed by atoms with van der Waals surface area (Å²) in [4.78, 5) is 2.17. The first-order valence-electron chi connectivity index (χ1n) is 3.98. The van der Waals surface area contributed by atoms with Gasteiger partial charge in [-0.2, -0.15) is 11.8 Å². The molecule has 0 rings (SSSR count). The van der Waals surface area contributed by atoms with Crippen molar-refractivity contribution in [1.29, 1.82) is 0 Å². The molecule has 0 atom stereocenters. The van der Waals surface area contributed by atoms with Gasteiger partial charge in [0, 0.05) is 32.3 Å². The lowest BCUT2D eigenvalue weighted by Crippen LogP contribution is -2.19. The first kappa shape index (κ1) is 12.2. The van der Waals surface area contributed by atoms with Crippen molar-refractivity contribution in [3.05, 3.63) is 0 Å². The predicted molar refractivity (Wildman–Crippen MR) is 53.7 cm³/mol. The van der Waals surface area contributed by atoms with E-state index in [4.69, 9.17) is 9.47 Å². The van der Waals surface area contributed by atoms with Crippen molar-refractivity contribution in [2.75, 3.05) is 46.4 Å². The summed E-state index contributed by atoms with van der Waals surface area (Å²) in [5.41, 5.74) is 0. The fraction of sp³-hybridized carbons (Fsp3) is 1.00. The molecule has 0 aromatic rings. The van der Waals surface area contributed by atoms with Crippen LogP contribution >= 0.6 is 11.8 Å². The smallest absolute Gasteiger partial charge is 0.165 e.